The number of hydrogen-bond acceptors (Lipinski definition) is 6. The van der Waals surface area contributed by atoms with E-state index in [0.717, 1.165) is 33.7 Å². The van der Waals surface area contributed by atoms with Gasteiger partial charge in [0.2, 0.25) is 5.78 Å². The molecule has 0 fully saturated rings. The first-order valence-corrected chi connectivity index (χ1v) is 9.67. The zero-order valence-electron chi connectivity index (χ0n) is 16.1. The van der Waals surface area contributed by atoms with E-state index in [1.165, 1.54) is 11.8 Å². The average Bonchev–Trinajstić information content (AvgIpc) is 2.89. The number of aromatic nitrogens is 1. The Morgan fingerprint density at radius 2 is 1.77 bits per heavy atom. The van der Waals surface area contributed by atoms with Crippen molar-refractivity contribution in [2.45, 2.75) is 53.4 Å². The van der Waals surface area contributed by atoms with Crippen LogP contribution in [0.1, 0.15) is 51.0 Å². The Labute approximate surface area is 158 Å². The Morgan fingerprint density at radius 3 is 2.38 bits per heavy atom. The van der Waals surface area contributed by atoms with E-state index in [9.17, 15) is 9.59 Å². The van der Waals surface area contributed by atoms with E-state index in [0.29, 0.717) is 11.3 Å². The normalized spacial score (nSPS) is 12.1. The summed E-state index contributed by atoms with van der Waals surface area (Å²) in [6, 6.07) is 3.85. The number of ether oxygens (including phenoxy) is 1. The molecule has 0 saturated heterocycles. The number of carbonyl (C=O) groups is 2. The zero-order valence-corrected chi connectivity index (χ0v) is 17.0. The lowest BCUT2D eigenvalue weighted by Crippen LogP contribution is -2.26. The summed E-state index contributed by atoms with van der Waals surface area (Å²) in [6.45, 7) is 11.2. The number of hydrogen-bond donors (Lipinski definition) is 0. The highest BCUT2D eigenvalue weighted by Gasteiger charge is 2.21. The maximum atomic E-state index is 12.6. The van der Waals surface area contributed by atoms with Crippen LogP contribution in [-0.4, -0.2) is 28.8 Å². The van der Waals surface area contributed by atoms with Crippen LogP contribution in [0.15, 0.2) is 16.7 Å². The molecule has 1 aromatic carbocycles. The molecule has 2 rings (SSSR count). The summed E-state index contributed by atoms with van der Waals surface area (Å²) in [5.41, 5.74) is 5.52. The maximum Gasteiger partial charge on any atom is 0.316 e. The van der Waals surface area contributed by atoms with Crippen molar-refractivity contribution in [1.29, 1.82) is 0 Å². The molecule has 0 saturated carbocycles. The quantitative estimate of drug-likeness (QED) is 0.532. The molecule has 1 unspecified atom stereocenters. The SMILES string of the molecule is Cc1cc(C)c(C(=O)C(C)OC(=O)CSCc2c(C)noc2C)cc1C. The van der Waals surface area contributed by atoms with Crippen LogP contribution in [0.3, 0.4) is 0 Å². The third-order valence-electron chi connectivity index (χ3n) is 4.43. The number of ketones is 1. The predicted molar refractivity (Wildman–Crippen MR) is 103 cm³/mol. The maximum absolute atomic E-state index is 12.6. The van der Waals surface area contributed by atoms with Gasteiger partial charge < -0.3 is 9.26 Å². The van der Waals surface area contributed by atoms with Crippen LogP contribution in [0.2, 0.25) is 0 Å². The fourth-order valence-electron chi connectivity index (χ4n) is 2.67. The molecule has 0 aliphatic rings. The second-order valence-corrected chi connectivity index (χ2v) is 7.53. The van der Waals surface area contributed by atoms with Crippen LogP contribution in [0.4, 0.5) is 0 Å². The molecule has 6 heteroatoms. The van der Waals surface area contributed by atoms with Crippen LogP contribution in [-0.2, 0) is 15.3 Å². The van der Waals surface area contributed by atoms with Crippen LogP contribution >= 0.6 is 11.8 Å². The second kappa shape index (κ2) is 8.54. The van der Waals surface area contributed by atoms with Gasteiger partial charge in [-0.25, -0.2) is 0 Å². The first-order chi connectivity index (χ1) is 12.2. The molecule has 0 radical (unpaired) electrons. The van der Waals surface area contributed by atoms with E-state index in [-0.39, 0.29) is 11.5 Å². The molecule has 0 bridgehead atoms. The molecule has 26 heavy (non-hydrogen) atoms. The van der Waals surface area contributed by atoms with Crippen molar-refractivity contribution in [2.75, 3.05) is 5.75 Å². The average molecular weight is 375 g/mol. The molecule has 1 heterocycles. The van der Waals surface area contributed by atoms with Gasteiger partial charge in [0, 0.05) is 16.9 Å². The van der Waals surface area contributed by atoms with Crippen molar-refractivity contribution in [3.05, 3.63) is 51.4 Å². The highest BCUT2D eigenvalue weighted by molar-refractivity contribution is 7.99. The number of benzene rings is 1. The molecule has 0 spiro atoms. The third-order valence-corrected chi connectivity index (χ3v) is 5.36. The largest absolute Gasteiger partial charge is 0.454 e. The molecule has 0 aliphatic carbocycles. The molecule has 2 aromatic rings. The van der Waals surface area contributed by atoms with Crippen molar-refractivity contribution in [3.63, 3.8) is 0 Å². The van der Waals surface area contributed by atoms with E-state index < -0.39 is 12.1 Å². The first kappa shape index (κ1) is 20.2. The van der Waals surface area contributed by atoms with E-state index in [1.54, 1.807) is 6.92 Å². The third kappa shape index (κ3) is 4.75. The Bertz CT molecular complexity index is 806. The Morgan fingerprint density at radius 1 is 1.12 bits per heavy atom. The van der Waals surface area contributed by atoms with Gasteiger partial charge in [0.1, 0.15) is 5.76 Å². The number of Topliss-reactive ketones (excluding diaryl/α,β-unsaturated/α-hetero) is 1. The standard InChI is InChI=1S/C20H25NO4S/c1-11-7-13(3)17(8-12(11)2)20(23)16(6)24-19(22)10-26-9-18-14(4)21-25-15(18)5/h7-8,16H,9-10H2,1-6H3. The van der Waals surface area contributed by atoms with E-state index >= 15 is 0 Å². The minimum absolute atomic E-state index is 0.172. The highest BCUT2D eigenvalue weighted by Crippen LogP contribution is 2.21. The van der Waals surface area contributed by atoms with Gasteiger partial charge >= 0.3 is 5.97 Å². The van der Waals surface area contributed by atoms with Crippen molar-refractivity contribution in [3.8, 4) is 0 Å². The minimum Gasteiger partial charge on any atom is -0.454 e. The monoisotopic (exact) mass is 375 g/mol. The second-order valence-electron chi connectivity index (χ2n) is 6.54. The Hall–Kier alpha value is -2.08. The lowest BCUT2D eigenvalue weighted by Gasteiger charge is -2.15. The molecule has 1 aromatic heterocycles. The fraction of sp³-hybridized carbons (Fsp3) is 0.450. The molecule has 0 amide bonds. The van der Waals surface area contributed by atoms with Crippen molar-refractivity contribution in [1.82, 2.24) is 5.16 Å². The molecule has 5 nitrogen and oxygen atoms in total. The van der Waals surface area contributed by atoms with E-state index in [4.69, 9.17) is 9.26 Å². The number of rotatable bonds is 7. The van der Waals surface area contributed by atoms with Gasteiger partial charge in [0.05, 0.1) is 11.4 Å². The van der Waals surface area contributed by atoms with E-state index in [1.807, 2.05) is 46.8 Å². The van der Waals surface area contributed by atoms with Crippen molar-refractivity contribution in [2.24, 2.45) is 0 Å². The number of carbonyl (C=O) groups excluding carboxylic acids is 2. The lowest BCUT2D eigenvalue weighted by molar-refractivity contribution is -0.143. The van der Waals surface area contributed by atoms with Crippen molar-refractivity contribution >= 4 is 23.5 Å². The van der Waals surface area contributed by atoms with Gasteiger partial charge in [-0.1, -0.05) is 11.2 Å². The molecule has 0 aliphatic heterocycles. The van der Waals surface area contributed by atoms with Crippen LogP contribution in [0.25, 0.3) is 0 Å². The highest BCUT2D eigenvalue weighted by atomic mass is 32.2. The smallest absolute Gasteiger partial charge is 0.316 e. The van der Waals surface area contributed by atoms with Crippen molar-refractivity contribution < 1.29 is 18.8 Å². The van der Waals surface area contributed by atoms with Gasteiger partial charge in [-0.15, -0.1) is 11.8 Å². The number of esters is 1. The Balaban J connectivity index is 1.90. The lowest BCUT2D eigenvalue weighted by atomic mass is 9.96. The van der Waals surface area contributed by atoms with Crippen LogP contribution < -0.4 is 0 Å². The molecule has 1 atom stereocenters. The summed E-state index contributed by atoms with van der Waals surface area (Å²) in [5, 5.41) is 3.89. The summed E-state index contributed by atoms with van der Waals surface area (Å²) in [7, 11) is 0. The van der Waals surface area contributed by atoms with Gasteiger partial charge in [-0.05, 0) is 64.3 Å². The predicted octanol–water partition coefficient (Wildman–Crippen LogP) is 4.26. The number of nitrogens with zero attached hydrogens (tertiary/aromatic N) is 1. The molecular weight excluding hydrogens is 350 g/mol. The summed E-state index contributed by atoms with van der Waals surface area (Å²) >= 11 is 1.42. The summed E-state index contributed by atoms with van der Waals surface area (Å²) in [5.74, 6) is 0.985. The number of thioether (sulfide) groups is 1. The minimum atomic E-state index is -0.803. The summed E-state index contributed by atoms with van der Waals surface area (Å²) in [4.78, 5) is 24.7. The van der Waals surface area contributed by atoms with E-state index in [2.05, 4.69) is 5.16 Å². The van der Waals surface area contributed by atoms with Gasteiger partial charge in [0.25, 0.3) is 0 Å². The molecule has 0 N–H and O–H groups in total. The topological polar surface area (TPSA) is 69.4 Å². The first-order valence-electron chi connectivity index (χ1n) is 8.51. The van der Waals surface area contributed by atoms with Gasteiger partial charge in [-0.2, -0.15) is 0 Å². The fourth-order valence-corrected chi connectivity index (χ4v) is 3.63. The molecule has 140 valence electrons. The number of aryl methyl sites for hydroxylation is 5. The summed E-state index contributed by atoms with van der Waals surface area (Å²) < 4.78 is 10.4. The summed E-state index contributed by atoms with van der Waals surface area (Å²) in [6.07, 6.45) is -0.803. The van der Waals surface area contributed by atoms with Crippen LogP contribution in [0.5, 0.6) is 0 Å². The van der Waals surface area contributed by atoms with Crippen LogP contribution in [0, 0.1) is 34.6 Å². The van der Waals surface area contributed by atoms with Gasteiger partial charge in [-0.3, -0.25) is 9.59 Å². The van der Waals surface area contributed by atoms with Gasteiger partial charge in [0.15, 0.2) is 6.10 Å². The Kier molecular flexibility index (Phi) is 6.64. The molecular formula is C20H25NO4S. The zero-order chi connectivity index (χ0) is 19.4.